The average Bonchev–Trinajstić information content (AvgIpc) is 3.05. The highest BCUT2D eigenvalue weighted by molar-refractivity contribution is 7.88. The van der Waals surface area contributed by atoms with E-state index in [9.17, 15) is 18.0 Å². The van der Waals surface area contributed by atoms with Crippen molar-refractivity contribution in [3.05, 3.63) is 80.2 Å². The SMILES string of the molecule is Cc1c(NC(=O)[C@@H]2CCCN(S(=O)(=O)Cc3ccc(Cl)c(Cl)c3)C2)c(=O)n(-c2ccccc2)n1C. The van der Waals surface area contributed by atoms with Crippen molar-refractivity contribution in [2.75, 3.05) is 18.4 Å². The summed E-state index contributed by atoms with van der Waals surface area (Å²) in [6.45, 7) is 2.14. The maximum absolute atomic E-state index is 13.1. The van der Waals surface area contributed by atoms with E-state index in [1.807, 2.05) is 30.3 Å². The van der Waals surface area contributed by atoms with Crippen molar-refractivity contribution in [3.63, 3.8) is 0 Å². The molecule has 0 unspecified atom stereocenters. The molecule has 186 valence electrons. The van der Waals surface area contributed by atoms with Gasteiger partial charge in [-0.2, -0.15) is 0 Å². The fourth-order valence-electron chi connectivity index (χ4n) is 4.28. The van der Waals surface area contributed by atoms with Gasteiger partial charge in [0.25, 0.3) is 5.56 Å². The minimum atomic E-state index is -3.68. The number of halogens is 2. The molecular formula is C24H26Cl2N4O4S. The molecule has 1 aromatic heterocycles. The van der Waals surface area contributed by atoms with Crippen LogP contribution >= 0.6 is 23.2 Å². The predicted octanol–water partition coefficient (Wildman–Crippen LogP) is 3.97. The molecule has 2 heterocycles. The lowest BCUT2D eigenvalue weighted by Crippen LogP contribution is -2.44. The first-order chi connectivity index (χ1) is 16.6. The Morgan fingerprint density at radius 2 is 1.83 bits per heavy atom. The fourth-order valence-corrected chi connectivity index (χ4v) is 6.20. The number of carbonyl (C=O) groups is 1. The smallest absolute Gasteiger partial charge is 0.295 e. The standard InChI is InChI=1S/C24H26Cl2N4O4S/c1-16-22(24(32)30(28(16)2)19-8-4-3-5-9-19)27-23(31)18-7-6-12-29(14-18)35(33,34)15-17-10-11-20(25)21(26)13-17/h3-5,8-11,13,18H,6-7,12,14-15H2,1-2H3,(H,27,31)/t18-/m1/s1. The monoisotopic (exact) mass is 536 g/mol. The normalized spacial score (nSPS) is 16.9. The molecule has 0 aliphatic carbocycles. The topological polar surface area (TPSA) is 93.4 Å². The molecule has 8 nitrogen and oxygen atoms in total. The van der Waals surface area contributed by atoms with Crippen molar-refractivity contribution >= 4 is 44.8 Å². The molecule has 1 aliphatic rings. The first kappa shape index (κ1) is 25.5. The fraction of sp³-hybridized carbons (Fsp3) is 0.333. The lowest BCUT2D eigenvalue weighted by Gasteiger charge is -2.31. The second kappa shape index (κ2) is 10.2. The Morgan fingerprint density at radius 1 is 1.11 bits per heavy atom. The van der Waals surface area contributed by atoms with Crippen LogP contribution in [0.1, 0.15) is 24.1 Å². The number of hydrogen-bond donors (Lipinski definition) is 1. The lowest BCUT2D eigenvalue weighted by molar-refractivity contribution is -0.120. The molecule has 1 fully saturated rings. The van der Waals surface area contributed by atoms with Gasteiger partial charge in [-0.3, -0.25) is 14.3 Å². The predicted molar refractivity (Wildman–Crippen MR) is 138 cm³/mol. The third kappa shape index (κ3) is 5.33. The average molecular weight is 537 g/mol. The molecule has 1 aliphatic heterocycles. The third-order valence-corrected chi connectivity index (χ3v) is 8.84. The minimum absolute atomic E-state index is 0.0498. The van der Waals surface area contributed by atoms with E-state index in [0.29, 0.717) is 41.4 Å². The van der Waals surface area contributed by atoms with E-state index in [1.165, 1.54) is 15.1 Å². The number of rotatable bonds is 6. The second-order valence-electron chi connectivity index (χ2n) is 8.63. The molecule has 1 atom stereocenters. The number of hydrogen-bond acceptors (Lipinski definition) is 4. The van der Waals surface area contributed by atoms with Crippen LogP contribution in [0.15, 0.2) is 53.3 Å². The molecule has 35 heavy (non-hydrogen) atoms. The molecule has 3 aromatic rings. The Bertz CT molecular complexity index is 1420. The van der Waals surface area contributed by atoms with Crippen LogP contribution in [0.5, 0.6) is 0 Å². The van der Waals surface area contributed by atoms with Gasteiger partial charge >= 0.3 is 0 Å². The Kier molecular flexibility index (Phi) is 7.42. The summed E-state index contributed by atoms with van der Waals surface area (Å²) in [7, 11) is -1.93. The highest BCUT2D eigenvalue weighted by Gasteiger charge is 2.33. The summed E-state index contributed by atoms with van der Waals surface area (Å²) < 4.78 is 30.6. The van der Waals surface area contributed by atoms with Gasteiger partial charge in [-0.15, -0.1) is 0 Å². The van der Waals surface area contributed by atoms with Crippen LogP contribution in [-0.4, -0.2) is 41.1 Å². The van der Waals surface area contributed by atoms with Crippen molar-refractivity contribution < 1.29 is 13.2 Å². The van der Waals surface area contributed by atoms with Gasteiger partial charge < -0.3 is 5.32 Å². The number of para-hydroxylation sites is 1. The number of piperidine rings is 1. The van der Waals surface area contributed by atoms with E-state index >= 15 is 0 Å². The third-order valence-electron chi connectivity index (χ3n) is 6.28. The summed E-state index contributed by atoms with van der Waals surface area (Å²) in [4.78, 5) is 26.2. The number of nitrogens with one attached hydrogen (secondary N) is 1. The zero-order chi connectivity index (χ0) is 25.3. The molecule has 0 radical (unpaired) electrons. The Morgan fingerprint density at radius 3 is 2.51 bits per heavy atom. The maximum atomic E-state index is 13.1. The molecule has 1 N–H and O–H groups in total. The molecular weight excluding hydrogens is 511 g/mol. The maximum Gasteiger partial charge on any atom is 0.295 e. The zero-order valence-corrected chi connectivity index (χ0v) is 21.7. The number of nitrogens with zero attached hydrogens (tertiary/aromatic N) is 3. The van der Waals surface area contributed by atoms with Crippen LogP contribution in [0, 0.1) is 12.8 Å². The van der Waals surface area contributed by atoms with Crippen LogP contribution in [0.4, 0.5) is 5.69 Å². The van der Waals surface area contributed by atoms with Gasteiger partial charge in [0, 0.05) is 20.1 Å². The molecule has 1 amide bonds. The van der Waals surface area contributed by atoms with Crippen molar-refractivity contribution in [2.24, 2.45) is 13.0 Å². The molecule has 4 rings (SSSR count). The first-order valence-corrected chi connectivity index (χ1v) is 13.5. The summed E-state index contributed by atoms with van der Waals surface area (Å²) in [6.07, 6.45) is 1.07. The summed E-state index contributed by atoms with van der Waals surface area (Å²) in [5, 5.41) is 3.41. The summed E-state index contributed by atoms with van der Waals surface area (Å²) in [5.74, 6) is -1.18. The van der Waals surface area contributed by atoms with Gasteiger partial charge in [-0.1, -0.05) is 47.5 Å². The van der Waals surface area contributed by atoms with E-state index in [4.69, 9.17) is 23.2 Å². The molecule has 0 bridgehead atoms. The zero-order valence-electron chi connectivity index (χ0n) is 19.4. The number of amides is 1. The minimum Gasteiger partial charge on any atom is -0.320 e. The van der Waals surface area contributed by atoms with Gasteiger partial charge in [0.2, 0.25) is 15.9 Å². The molecule has 0 saturated carbocycles. The van der Waals surface area contributed by atoms with Gasteiger partial charge in [0.15, 0.2) is 0 Å². The Balaban J connectivity index is 1.50. The van der Waals surface area contributed by atoms with Crippen molar-refractivity contribution in [3.8, 4) is 5.69 Å². The van der Waals surface area contributed by atoms with E-state index in [1.54, 1.807) is 30.8 Å². The molecule has 1 saturated heterocycles. The van der Waals surface area contributed by atoms with Gasteiger partial charge in [0.05, 0.1) is 33.1 Å². The summed E-state index contributed by atoms with van der Waals surface area (Å²) in [6, 6.07) is 13.9. The molecule has 11 heteroatoms. The quantitative estimate of drug-likeness (QED) is 0.515. The Labute approximate surface area is 214 Å². The highest BCUT2D eigenvalue weighted by Crippen LogP contribution is 2.26. The van der Waals surface area contributed by atoms with Crippen LogP contribution in [0.2, 0.25) is 10.0 Å². The largest absolute Gasteiger partial charge is 0.320 e. The van der Waals surface area contributed by atoms with Gasteiger partial charge in [-0.05, 0) is 49.6 Å². The van der Waals surface area contributed by atoms with Gasteiger partial charge in [-0.25, -0.2) is 17.4 Å². The van der Waals surface area contributed by atoms with E-state index in [0.717, 1.165) is 0 Å². The van der Waals surface area contributed by atoms with Crippen LogP contribution in [0.25, 0.3) is 5.69 Å². The lowest BCUT2D eigenvalue weighted by atomic mass is 9.99. The number of benzene rings is 2. The van der Waals surface area contributed by atoms with Crippen LogP contribution in [0.3, 0.4) is 0 Å². The first-order valence-electron chi connectivity index (χ1n) is 11.1. The van der Waals surface area contributed by atoms with E-state index in [2.05, 4.69) is 5.32 Å². The van der Waals surface area contributed by atoms with E-state index in [-0.39, 0.29) is 34.5 Å². The van der Waals surface area contributed by atoms with Crippen molar-refractivity contribution in [1.82, 2.24) is 13.7 Å². The second-order valence-corrected chi connectivity index (χ2v) is 11.4. The van der Waals surface area contributed by atoms with Crippen LogP contribution in [-0.2, 0) is 27.6 Å². The Hall–Kier alpha value is -2.59. The summed E-state index contributed by atoms with van der Waals surface area (Å²) >= 11 is 12.0. The van der Waals surface area contributed by atoms with Crippen LogP contribution < -0.4 is 10.9 Å². The number of anilines is 1. The van der Waals surface area contributed by atoms with Gasteiger partial charge in [0.1, 0.15) is 5.69 Å². The summed E-state index contributed by atoms with van der Waals surface area (Å²) in [5.41, 5.74) is 1.65. The number of sulfonamides is 1. The van der Waals surface area contributed by atoms with Crippen molar-refractivity contribution in [1.29, 1.82) is 0 Å². The number of aromatic nitrogens is 2. The number of carbonyl (C=O) groups excluding carboxylic acids is 1. The highest BCUT2D eigenvalue weighted by atomic mass is 35.5. The van der Waals surface area contributed by atoms with E-state index < -0.39 is 15.9 Å². The molecule has 0 spiro atoms. The molecule has 2 aromatic carbocycles. The van der Waals surface area contributed by atoms with Crippen molar-refractivity contribution in [2.45, 2.75) is 25.5 Å².